The van der Waals surface area contributed by atoms with Gasteiger partial charge in [0, 0.05) is 34.3 Å². The monoisotopic (exact) mass is 522 g/mol. The number of hydrogen-bond acceptors (Lipinski definition) is 5. The van der Waals surface area contributed by atoms with E-state index in [1.165, 1.54) is 22.9 Å². The van der Waals surface area contributed by atoms with Crippen LogP contribution in [0.4, 0.5) is 0 Å². The molecule has 0 atom stereocenters. The van der Waals surface area contributed by atoms with Gasteiger partial charge in [0.2, 0.25) is 0 Å². The smallest absolute Gasteiger partial charge is 0.280 e. The van der Waals surface area contributed by atoms with Gasteiger partial charge in [-0.2, -0.15) is 0 Å². The fourth-order valence-corrected chi connectivity index (χ4v) is 4.31. The first-order chi connectivity index (χ1) is 17.3. The van der Waals surface area contributed by atoms with Crippen molar-refractivity contribution in [3.63, 3.8) is 0 Å². The third kappa shape index (κ3) is 8.61. The molecule has 190 valence electrons. The molecule has 7 heteroatoms. The van der Waals surface area contributed by atoms with Crippen LogP contribution in [0.1, 0.15) is 50.9 Å². The van der Waals surface area contributed by atoms with Crippen molar-refractivity contribution in [2.75, 3.05) is 12.3 Å². The zero-order valence-electron chi connectivity index (χ0n) is 21.6. The van der Waals surface area contributed by atoms with E-state index in [4.69, 9.17) is 11.6 Å². The number of aryl methyl sites for hydroxylation is 1. The number of rotatable bonds is 10. The van der Waals surface area contributed by atoms with Crippen molar-refractivity contribution < 1.29 is 4.79 Å². The van der Waals surface area contributed by atoms with Gasteiger partial charge >= 0.3 is 0 Å². The molecule has 0 aromatic carbocycles. The number of thioether (sulfide) groups is 1. The Kier molecular flexibility index (Phi) is 12.4. The minimum Gasteiger partial charge on any atom is -0.324 e. The SMILES string of the molecule is C=C(N=C(SCC)C(=O)NC(C)=CC=C(Cl)C(=C)c1nccc(CCC)c1CC)C1=CC=NCC=C1. The summed E-state index contributed by atoms with van der Waals surface area (Å²) >= 11 is 7.95. The Morgan fingerprint density at radius 1 is 1.28 bits per heavy atom. The summed E-state index contributed by atoms with van der Waals surface area (Å²) in [5.41, 5.74) is 5.89. The predicted octanol–water partition coefficient (Wildman–Crippen LogP) is 6.98. The van der Waals surface area contributed by atoms with E-state index in [1.807, 2.05) is 31.3 Å². The fourth-order valence-electron chi connectivity index (χ4n) is 3.53. The Hall–Kier alpha value is -2.96. The lowest BCUT2D eigenvalue weighted by atomic mass is 9.97. The number of nitrogens with one attached hydrogen (secondary N) is 1. The van der Waals surface area contributed by atoms with Crippen LogP contribution < -0.4 is 5.32 Å². The first kappa shape index (κ1) is 29.3. The Labute approximate surface area is 224 Å². The van der Waals surface area contributed by atoms with Gasteiger partial charge in [-0.15, -0.1) is 11.8 Å². The van der Waals surface area contributed by atoms with Gasteiger partial charge in [-0.25, -0.2) is 4.99 Å². The van der Waals surface area contributed by atoms with Crippen molar-refractivity contribution in [1.82, 2.24) is 10.3 Å². The second-order valence-electron chi connectivity index (χ2n) is 8.03. The van der Waals surface area contributed by atoms with E-state index < -0.39 is 0 Å². The van der Waals surface area contributed by atoms with Crippen LogP contribution in [-0.4, -0.2) is 34.4 Å². The molecule has 0 fully saturated rings. The first-order valence-corrected chi connectivity index (χ1v) is 13.5. The number of carbonyl (C=O) groups excluding carboxylic acids is 1. The number of aromatic nitrogens is 1. The molecule has 1 N–H and O–H groups in total. The van der Waals surface area contributed by atoms with Gasteiger partial charge in [0.1, 0.15) is 0 Å². The topological polar surface area (TPSA) is 66.7 Å². The van der Waals surface area contributed by atoms with Crippen molar-refractivity contribution in [2.45, 2.75) is 47.0 Å². The largest absolute Gasteiger partial charge is 0.324 e. The van der Waals surface area contributed by atoms with Crippen LogP contribution in [0.3, 0.4) is 0 Å². The molecule has 0 saturated heterocycles. The molecule has 0 bridgehead atoms. The number of allylic oxidation sites excluding steroid dienone is 7. The van der Waals surface area contributed by atoms with Gasteiger partial charge in [0.25, 0.3) is 5.91 Å². The predicted molar refractivity (Wildman–Crippen MR) is 158 cm³/mol. The Morgan fingerprint density at radius 3 is 2.75 bits per heavy atom. The van der Waals surface area contributed by atoms with E-state index in [-0.39, 0.29) is 5.91 Å². The first-order valence-electron chi connectivity index (χ1n) is 12.1. The number of halogens is 1. The molecule has 1 aromatic heterocycles. The van der Waals surface area contributed by atoms with Gasteiger partial charge in [-0.1, -0.05) is 64.1 Å². The maximum atomic E-state index is 12.9. The highest BCUT2D eigenvalue weighted by molar-refractivity contribution is 8.15. The summed E-state index contributed by atoms with van der Waals surface area (Å²) in [4.78, 5) is 26.1. The van der Waals surface area contributed by atoms with E-state index >= 15 is 0 Å². The highest BCUT2D eigenvalue weighted by atomic mass is 35.5. The molecule has 0 saturated carbocycles. The number of aliphatic imine (C=N–C) groups is 2. The lowest BCUT2D eigenvalue weighted by molar-refractivity contribution is -0.113. The molecule has 1 aliphatic heterocycles. The summed E-state index contributed by atoms with van der Waals surface area (Å²) in [5.74, 6) is 0.405. The second kappa shape index (κ2) is 15.2. The normalized spacial score (nSPS) is 14.4. The number of nitrogens with zero attached hydrogens (tertiary/aromatic N) is 3. The number of hydrogen-bond donors (Lipinski definition) is 1. The van der Waals surface area contributed by atoms with Crippen LogP contribution in [0.25, 0.3) is 5.57 Å². The van der Waals surface area contributed by atoms with E-state index in [2.05, 4.69) is 53.4 Å². The van der Waals surface area contributed by atoms with Crippen LogP contribution in [0, 0.1) is 0 Å². The standard InChI is InChI=1S/C29H35ClN4OS/c1-7-11-24-16-19-32-27(25(24)8-2)21(5)26(30)14-13-20(4)33-28(35)29(36-9-3)34-22(6)23-12-10-17-31-18-15-23/h10,12-16,18-19H,5-9,11,17H2,1-4H3,(H,33,35). The molecular formula is C29H35ClN4OS. The molecule has 0 aliphatic carbocycles. The van der Waals surface area contributed by atoms with Crippen LogP contribution in [-0.2, 0) is 17.6 Å². The quantitative estimate of drug-likeness (QED) is 0.204. The molecule has 0 spiro atoms. The summed E-state index contributed by atoms with van der Waals surface area (Å²) in [5, 5.41) is 3.70. The lowest BCUT2D eigenvalue weighted by Gasteiger charge is -2.13. The Balaban J connectivity index is 2.18. The molecule has 2 rings (SSSR count). The van der Waals surface area contributed by atoms with Crippen molar-refractivity contribution >= 4 is 46.1 Å². The molecule has 36 heavy (non-hydrogen) atoms. The van der Waals surface area contributed by atoms with E-state index in [1.54, 1.807) is 25.3 Å². The van der Waals surface area contributed by atoms with Gasteiger partial charge in [-0.3, -0.25) is 14.8 Å². The van der Waals surface area contributed by atoms with Gasteiger partial charge in [0.15, 0.2) is 5.04 Å². The average molecular weight is 523 g/mol. The average Bonchev–Trinajstić information content (AvgIpc) is 3.16. The molecule has 1 aromatic rings. The minimum absolute atomic E-state index is 0.297. The van der Waals surface area contributed by atoms with Crippen molar-refractivity contribution in [3.05, 3.63) is 94.6 Å². The maximum absolute atomic E-state index is 12.9. The summed E-state index contributed by atoms with van der Waals surface area (Å²) in [6.45, 7) is 16.9. The van der Waals surface area contributed by atoms with Crippen LogP contribution >= 0.6 is 23.4 Å². The lowest BCUT2D eigenvalue weighted by Crippen LogP contribution is -2.28. The number of amides is 1. The zero-order chi connectivity index (χ0) is 26.5. The van der Waals surface area contributed by atoms with E-state index in [0.717, 1.165) is 30.5 Å². The summed E-state index contributed by atoms with van der Waals surface area (Å²) in [6, 6.07) is 2.06. The molecule has 1 aliphatic rings. The zero-order valence-corrected chi connectivity index (χ0v) is 23.2. The van der Waals surface area contributed by atoms with Gasteiger partial charge < -0.3 is 5.32 Å². The van der Waals surface area contributed by atoms with Crippen molar-refractivity contribution in [2.24, 2.45) is 9.98 Å². The van der Waals surface area contributed by atoms with Crippen LogP contribution in [0.2, 0.25) is 0 Å². The molecule has 1 amide bonds. The molecule has 0 unspecified atom stereocenters. The summed E-state index contributed by atoms with van der Waals surface area (Å²) in [7, 11) is 0. The van der Waals surface area contributed by atoms with E-state index in [0.29, 0.717) is 39.3 Å². The summed E-state index contributed by atoms with van der Waals surface area (Å²) in [6.07, 6.45) is 15.6. The van der Waals surface area contributed by atoms with Crippen molar-refractivity contribution in [3.8, 4) is 0 Å². The number of pyridine rings is 1. The third-order valence-corrected chi connectivity index (χ3v) is 6.50. The van der Waals surface area contributed by atoms with Crippen molar-refractivity contribution in [1.29, 1.82) is 0 Å². The van der Waals surface area contributed by atoms with Gasteiger partial charge in [0.05, 0.1) is 17.9 Å². The molecule has 5 nitrogen and oxygen atoms in total. The highest BCUT2D eigenvalue weighted by Gasteiger charge is 2.15. The molecule has 0 radical (unpaired) electrons. The fraction of sp³-hybridized carbons (Fsp3) is 0.310. The minimum atomic E-state index is -0.297. The Bertz CT molecular complexity index is 1170. The molecular weight excluding hydrogens is 488 g/mol. The Morgan fingerprint density at radius 2 is 2.06 bits per heavy atom. The van der Waals surface area contributed by atoms with Gasteiger partial charge in [-0.05, 0) is 60.9 Å². The third-order valence-electron chi connectivity index (χ3n) is 5.30. The van der Waals surface area contributed by atoms with Crippen LogP contribution in [0.5, 0.6) is 0 Å². The second-order valence-corrected chi connectivity index (χ2v) is 9.69. The highest BCUT2D eigenvalue weighted by Crippen LogP contribution is 2.28. The van der Waals surface area contributed by atoms with Crippen LogP contribution in [0.15, 0.2) is 87.8 Å². The summed E-state index contributed by atoms with van der Waals surface area (Å²) < 4.78 is 0. The maximum Gasteiger partial charge on any atom is 0.280 e. The number of carbonyl (C=O) groups is 1. The molecule has 2 heterocycles. The van der Waals surface area contributed by atoms with E-state index in [9.17, 15) is 4.79 Å².